The van der Waals surface area contributed by atoms with Crippen LogP contribution in [0.3, 0.4) is 0 Å². The molecule has 1 heterocycles. The first-order chi connectivity index (χ1) is 7.58. The van der Waals surface area contributed by atoms with Crippen LogP contribution in [0.5, 0.6) is 0 Å². The van der Waals surface area contributed by atoms with E-state index in [1.165, 1.54) is 6.07 Å². The van der Waals surface area contributed by atoms with Crippen LogP contribution < -0.4 is 0 Å². The topological polar surface area (TPSA) is 23.5 Å². The van der Waals surface area contributed by atoms with Gasteiger partial charge in [-0.3, -0.25) is 4.90 Å². The van der Waals surface area contributed by atoms with Crippen molar-refractivity contribution in [3.8, 4) is 0 Å². The lowest BCUT2D eigenvalue weighted by Crippen LogP contribution is -2.26. The summed E-state index contributed by atoms with van der Waals surface area (Å²) in [7, 11) is 0. The fourth-order valence-electron chi connectivity index (χ4n) is 2.15. The van der Waals surface area contributed by atoms with E-state index in [0.29, 0.717) is 18.5 Å². The SMILES string of the molecule is C[C@H](c1cc(F)ccc1F)N1CC[C@H](O)C1. The molecule has 1 aromatic carbocycles. The lowest BCUT2D eigenvalue weighted by atomic mass is 10.1. The Balaban J connectivity index is 2.20. The van der Waals surface area contributed by atoms with Gasteiger partial charge >= 0.3 is 0 Å². The predicted octanol–water partition coefficient (Wildman–Crippen LogP) is 2.09. The van der Waals surface area contributed by atoms with Gasteiger partial charge in [-0.15, -0.1) is 0 Å². The van der Waals surface area contributed by atoms with Gasteiger partial charge in [0.2, 0.25) is 0 Å². The first kappa shape index (κ1) is 11.5. The zero-order valence-electron chi connectivity index (χ0n) is 9.16. The fraction of sp³-hybridized carbons (Fsp3) is 0.500. The third kappa shape index (κ3) is 2.23. The molecular weight excluding hydrogens is 212 g/mol. The molecular formula is C12H15F2NO. The highest BCUT2D eigenvalue weighted by Crippen LogP contribution is 2.27. The summed E-state index contributed by atoms with van der Waals surface area (Å²) in [6.45, 7) is 3.07. The van der Waals surface area contributed by atoms with Gasteiger partial charge in [0.05, 0.1) is 6.10 Å². The van der Waals surface area contributed by atoms with E-state index in [1.807, 2.05) is 11.8 Å². The van der Waals surface area contributed by atoms with Crippen molar-refractivity contribution in [3.05, 3.63) is 35.4 Å². The molecule has 1 N–H and O–H groups in total. The minimum absolute atomic E-state index is 0.201. The first-order valence-corrected chi connectivity index (χ1v) is 5.45. The highest BCUT2D eigenvalue weighted by atomic mass is 19.1. The van der Waals surface area contributed by atoms with Gasteiger partial charge in [0.25, 0.3) is 0 Å². The maximum Gasteiger partial charge on any atom is 0.128 e. The second kappa shape index (κ2) is 4.47. The van der Waals surface area contributed by atoms with Crippen molar-refractivity contribution in [2.24, 2.45) is 0 Å². The van der Waals surface area contributed by atoms with Crippen molar-refractivity contribution >= 4 is 0 Å². The molecule has 16 heavy (non-hydrogen) atoms. The number of aliphatic hydroxyl groups excluding tert-OH is 1. The number of halogens is 2. The monoisotopic (exact) mass is 227 g/mol. The Morgan fingerprint density at radius 2 is 2.19 bits per heavy atom. The summed E-state index contributed by atoms with van der Waals surface area (Å²) in [5.74, 6) is -0.821. The van der Waals surface area contributed by atoms with Crippen molar-refractivity contribution < 1.29 is 13.9 Å². The maximum absolute atomic E-state index is 13.5. The number of rotatable bonds is 2. The Morgan fingerprint density at radius 1 is 1.44 bits per heavy atom. The maximum atomic E-state index is 13.5. The van der Waals surface area contributed by atoms with Crippen LogP contribution in [-0.2, 0) is 0 Å². The minimum atomic E-state index is -0.428. The van der Waals surface area contributed by atoms with Gasteiger partial charge in [-0.25, -0.2) is 8.78 Å². The number of hydrogen-bond acceptors (Lipinski definition) is 2. The lowest BCUT2D eigenvalue weighted by Gasteiger charge is -2.24. The quantitative estimate of drug-likeness (QED) is 0.836. The molecule has 88 valence electrons. The first-order valence-electron chi connectivity index (χ1n) is 5.45. The van der Waals surface area contributed by atoms with Crippen LogP contribution in [0.25, 0.3) is 0 Å². The fourth-order valence-corrected chi connectivity index (χ4v) is 2.15. The standard InChI is InChI=1S/C12H15F2NO/c1-8(15-5-4-10(16)7-15)11-6-9(13)2-3-12(11)14/h2-3,6,8,10,16H,4-5,7H2,1H3/t8-,10+/m1/s1. The van der Waals surface area contributed by atoms with Crippen molar-refractivity contribution in [2.75, 3.05) is 13.1 Å². The van der Waals surface area contributed by atoms with Crippen molar-refractivity contribution in [3.63, 3.8) is 0 Å². The summed E-state index contributed by atoms with van der Waals surface area (Å²) < 4.78 is 26.6. The van der Waals surface area contributed by atoms with Crippen LogP contribution in [-0.4, -0.2) is 29.2 Å². The Morgan fingerprint density at radius 3 is 2.81 bits per heavy atom. The Bertz CT molecular complexity index is 383. The second-order valence-electron chi connectivity index (χ2n) is 4.28. The molecule has 1 saturated heterocycles. The van der Waals surface area contributed by atoms with E-state index < -0.39 is 11.6 Å². The summed E-state index contributed by atoms with van der Waals surface area (Å²) in [5.41, 5.74) is 0.356. The minimum Gasteiger partial charge on any atom is -0.392 e. The third-order valence-electron chi connectivity index (χ3n) is 3.15. The van der Waals surface area contributed by atoms with E-state index >= 15 is 0 Å². The Hall–Kier alpha value is -1.00. The van der Waals surface area contributed by atoms with E-state index in [0.717, 1.165) is 18.7 Å². The molecule has 0 unspecified atom stereocenters. The normalized spacial score (nSPS) is 23.6. The van der Waals surface area contributed by atoms with Crippen LogP contribution in [0.2, 0.25) is 0 Å². The Kier molecular flexibility index (Phi) is 3.21. The van der Waals surface area contributed by atoms with Crippen LogP contribution in [0, 0.1) is 11.6 Å². The summed E-state index contributed by atoms with van der Waals surface area (Å²) >= 11 is 0. The largest absolute Gasteiger partial charge is 0.392 e. The summed E-state index contributed by atoms with van der Waals surface area (Å²) in [6.07, 6.45) is 0.348. The molecule has 0 aromatic heterocycles. The number of aliphatic hydroxyl groups is 1. The number of benzene rings is 1. The van der Waals surface area contributed by atoms with E-state index in [-0.39, 0.29) is 12.1 Å². The van der Waals surface area contributed by atoms with Gasteiger partial charge in [0.1, 0.15) is 11.6 Å². The van der Waals surface area contributed by atoms with Crippen LogP contribution in [0.4, 0.5) is 8.78 Å². The van der Waals surface area contributed by atoms with Crippen molar-refractivity contribution in [1.82, 2.24) is 4.90 Å². The third-order valence-corrected chi connectivity index (χ3v) is 3.15. The number of likely N-dealkylation sites (tertiary alicyclic amines) is 1. The molecule has 0 saturated carbocycles. The zero-order chi connectivity index (χ0) is 11.7. The van der Waals surface area contributed by atoms with Crippen LogP contribution in [0.1, 0.15) is 24.9 Å². The molecule has 1 fully saturated rings. The van der Waals surface area contributed by atoms with Gasteiger partial charge in [-0.1, -0.05) is 0 Å². The second-order valence-corrected chi connectivity index (χ2v) is 4.28. The summed E-state index contributed by atoms with van der Waals surface area (Å²) in [5, 5.41) is 9.41. The molecule has 0 aliphatic carbocycles. The summed E-state index contributed by atoms with van der Waals surface area (Å²) in [6, 6.07) is 3.29. The van der Waals surface area contributed by atoms with E-state index in [9.17, 15) is 13.9 Å². The van der Waals surface area contributed by atoms with Gasteiger partial charge in [-0.05, 0) is 31.5 Å². The van der Waals surface area contributed by atoms with E-state index in [2.05, 4.69) is 0 Å². The average molecular weight is 227 g/mol. The van der Waals surface area contributed by atoms with E-state index in [4.69, 9.17) is 0 Å². The van der Waals surface area contributed by atoms with E-state index in [1.54, 1.807) is 0 Å². The van der Waals surface area contributed by atoms with Gasteiger partial charge in [0, 0.05) is 24.7 Å². The molecule has 0 bridgehead atoms. The molecule has 2 nitrogen and oxygen atoms in total. The predicted molar refractivity (Wildman–Crippen MR) is 57.0 cm³/mol. The molecule has 1 aliphatic rings. The highest BCUT2D eigenvalue weighted by Gasteiger charge is 2.26. The van der Waals surface area contributed by atoms with Gasteiger partial charge in [0.15, 0.2) is 0 Å². The molecule has 2 atom stereocenters. The van der Waals surface area contributed by atoms with Crippen LogP contribution in [0.15, 0.2) is 18.2 Å². The molecule has 1 aliphatic heterocycles. The average Bonchev–Trinajstić information content (AvgIpc) is 2.67. The van der Waals surface area contributed by atoms with Gasteiger partial charge < -0.3 is 5.11 Å². The van der Waals surface area contributed by atoms with Crippen molar-refractivity contribution in [2.45, 2.75) is 25.5 Å². The molecule has 1 aromatic rings. The number of hydrogen-bond donors (Lipinski definition) is 1. The van der Waals surface area contributed by atoms with Gasteiger partial charge in [-0.2, -0.15) is 0 Å². The lowest BCUT2D eigenvalue weighted by molar-refractivity contribution is 0.162. The Labute approximate surface area is 93.5 Å². The van der Waals surface area contributed by atoms with Crippen LogP contribution >= 0.6 is 0 Å². The summed E-state index contributed by atoms with van der Waals surface area (Å²) in [4.78, 5) is 1.96. The molecule has 0 radical (unpaired) electrons. The van der Waals surface area contributed by atoms with Crippen molar-refractivity contribution in [1.29, 1.82) is 0 Å². The molecule has 2 rings (SSSR count). The number of nitrogens with zero attached hydrogens (tertiary/aromatic N) is 1. The zero-order valence-corrected chi connectivity index (χ0v) is 9.16. The number of β-amino-alcohol motifs (C(OH)–C–C–N with tert-alkyl or cyclic N) is 1. The highest BCUT2D eigenvalue weighted by molar-refractivity contribution is 5.22. The molecule has 4 heteroatoms. The molecule has 0 amide bonds. The smallest absolute Gasteiger partial charge is 0.128 e. The molecule has 0 spiro atoms.